The Kier molecular flexibility index (Phi) is 7.37. The first-order valence-electron chi connectivity index (χ1n) is 10.9. The number of hydrogen-bond acceptors (Lipinski definition) is 6. The monoisotopic (exact) mass is 530 g/mol. The molecule has 2 N–H and O–H groups in total. The molecule has 0 fully saturated rings. The molecule has 0 saturated carbocycles. The van der Waals surface area contributed by atoms with Crippen molar-refractivity contribution in [3.05, 3.63) is 106 Å². The van der Waals surface area contributed by atoms with Gasteiger partial charge in [0.15, 0.2) is 5.69 Å². The summed E-state index contributed by atoms with van der Waals surface area (Å²) in [4.78, 5) is 16.8. The smallest absolute Gasteiger partial charge is 0.416 e. The van der Waals surface area contributed by atoms with E-state index >= 15 is 0 Å². The molecule has 0 radical (unpaired) electrons. The van der Waals surface area contributed by atoms with Crippen LogP contribution in [-0.2, 0) is 6.18 Å². The van der Waals surface area contributed by atoms with Gasteiger partial charge >= 0.3 is 12.8 Å². The van der Waals surface area contributed by atoms with Gasteiger partial charge < -0.3 is 10.5 Å². The summed E-state index contributed by atoms with van der Waals surface area (Å²) >= 11 is 0. The molecule has 4 rings (SSSR count). The van der Waals surface area contributed by atoms with Gasteiger partial charge in [-0.1, -0.05) is 6.07 Å². The van der Waals surface area contributed by atoms with Crippen LogP contribution in [0.1, 0.15) is 16.8 Å². The normalized spacial score (nSPS) is 12.4. The molecule has 4 aromatic rings. The third kappa shape index (κ3) is 5.77. The average molecular weight is 530 g/mol. The highest BCUT2D eigenvalue weighted by Crippen LogP contribution is 2.31. The number of nitrogens with two attached hydrogens (primary N) is 1. The van der Waals surface area contributed by atoms with Crippen LogP contribution in [-0.4, -0.2) is 31.9 Å². The predicted octanol–water partition coefficient (Wildman–Crippen LogP) is 4.94. The summed E-state index contributed by atoms with van der Waals surface area (Å²) in [6, 6.07) is 11.7. The highest BCUT2D eigenvalue weighted by atomic mass is 19.4. The van der Waals surface area contributed by atoms with E-state index in [0.717, 1.165) is 18.3 Å². The van der Waals surface area contributed by atoms with Crippen molar-refractivity contribution in [2.24, 2.45) is 10.7 Å². The fraction of sp³-hybridized carbons (Fsp3) is 0.120. The molecule has 2 heterocycles. The molecule has 0 atom stereocenters. The Morgan fingerprint density at radius 2 is 1.92 bits per heavy atom. The predicted molar refractivity (Wildman–Crippen MR) is 129 cm³/mol. The van der Waals surface area contributed by atoms with Crippen LogP contribution in [0.3, 0.4) is 0 Å². The first-order valence-corrected chi connectivity index (χ1v) is 10.9. The third-order valence-electron chi connectivity index (χ3n) is 5.22. The molecule has 38 heavy (non-hydrogen) atoms. The zero-order valence-electron chi connectivity index (χ0n) is 19.6. The zero-order valence-corrected chi connectivity index (χ0v) is 19.6. The van der Waals surface area contributed by atoms with E-state index in [9.17, 15) is 26.7 Å². The van der Waals surface area contributed by atoms with Gasteiger partial charge in [-0.15, -0.1) is 0 Å². The lowest BCUT2D eigenvalue weighted by atomic mass is 10.1. The lowest BCUT2D eigenvalue weighted by Crippen LogP contribution is -2.20. The van der Waals surface area contributed by atoms with E-state index in [2.05, 4.69) is 19.9 Å². The van der Waals surface area contributed by atoms with Gasteiger partial charge in [-0.3, -0.25) is 4.79 Å². The molecule has 0 amide bonds. The average Bonchev–Trinajstić information content (AvgIpc) is 3.31. The van der Waals surface area contributed by atoms with Crippen molar-refractivity contribution in [3.8, 4) is 17.3 Å². The molecule has 0 aliphatic rings. The first-order chi connectivity index (χ1) is 18.1. The van der Waals surface area contributed by atoms with Crippen molar-refractivity contribution >= 4 is 11.4 Å². The zero-order chi connectivity index (χ0) is 27.4. The van der Waals surface area contributed by atoms with Gasteiger partial charge in [-0.25, -0.2) is 14.4 Å². The Morgan fingerprint density at radius 3 is 2.61 bits per heavy atom. The summed E-state index contributed by atoms with van der Waals surface area (Å²) in [5.41, 5.74) is 5.40. The number of rotatable bonds is 7. The number of alkyl halides is 5. The molecule has 13 heteroatoms. The van der Waals surface area contributed by atoms with Crippen molar-refractivity contribution in [2.45, 2.75) is 19.7 Å². The van der Waals surface area contributed by atoms with E-state index in [1.807, 2.05) is 0 Å². The van der Waals surface area contributed by atoms with Gasteiger partial charge in [0.1, 0.15) is 0 Å². The number of aromatic nitrogens is 4. The van der Waals surface area contributed by atoms with Gasteiger partial charge in [0, 0.05) is 18.3 Å². The number of nitrogens with zero attached hydrogens (tertiary/aromatic N) is 5. The van der Waals surface area contributed by atoms with E-state index in [0.29, 0.717) is 16.9 Å². The highest BCUT2D eigenvalue weighted by molar-refractivity contribution is 6.08. The Hall–Kier alpha value is -4.81. The number of halogens is 5. The Morgan fingerprint density at radius 1 is 1.13 bits per heavy atom. The molecule has 0 saturated heterocycles. The summed E-state index contributed by atoms with van der Waals surface area (Å²) in [7, 11) is 0. The Bertz CT molecular complexity index is 1570. The van der Waals surface area contributed by atoms with Crippen LogP contribution in [0.2, 0.25) is 0 Å². The van der Waals surface area contributed by atoms with Gasteiger partial charge in [0.05, 0.1) is 34.5 Å². The second-order valence-electron chi connectivity index (χ2n) is 7.81. The van der Waals surface area contributed by atoms with Crippen molar-refractivity contribution in [1.29, 1.82) is 0 Å². The van der Waals surface area contributed by atoms with Crippen LogP contribution in [0, 0.1) is 6.92 Å². The minimum atomic E-state index is -4.57. The number of hydrogen-bond donors (Lipinski definition) is 1. The number of ether oxygens (including phenoxy) is 1. The third-order valence-corrected chi connectivity index (χ3v) is 5.22. The minimum Gasteiger partial charge on any atom is -0.417 e. The first kappa shape index (κ1) is 26.3. The summed E-state index contributed by atoms with van der Waals surface area (Å²) in [6.07, 6.45) is 0.494. The van der Waals surface area contributed by atoms with Crippen LogP contribution in [0.15, 0.2) is 89.1 Å². The summed E-state index contributed by atoms with van der Waals surface area (Å²) in [5.74, 6) is -0.153. The molecule has 8 nitrogen and oxygen atoms in total. The number of aryl methyl sites for hydroxylation is 1. The summed E-state index contributed by atoms with van der Waals surface area (Å²) < 4.78 is 71.8. The van der Waals surface area contributed by atoms with Gasteiger partial charge in [-0.2, -0.15) is 32.1 Å². The van der Waals surface area contributed by atoms with Crippen LogP contribution < -0.4 is 15.9 Å². The molecule has 0 aliphatic carbocycles. The van der Waals surface area contributed by atoms with Gasteiger partial charge in [0.2, 0.25) is 11.3 Å². The van der Waals surface area contributed by atoms with E-state index in [1.165, 1.54) is 52.1 Å². The Labute approximate surface area is 212 Å². The second kappa shape index (κ2) is 10.7. The van der Waals surface area contributed by atoms with Crippen LogP contribution in [0.4, 0.5) is 27.6 Å². The maximum absolute atomic E-state index is 13.1. The molecule has 0 spiro atoms. The minimum absolute atomic E-state index is 0.0499. The van der Waals surface area contributed by atoms with Gasteiger partial charge in [0.25, 0.3) is 0 Å². The molecule has 196 valence electrons. The Balaban J connectivity index is 1.74. The highest BCUT2D eigenvalue weighted by Gasteiger charge is 2.30. The van der Waals surface area contributed by atoms with E-state index in [4.69, 9.17) is 5.73 Å². The quantitative estimate of drug-likeness (QED) is 0.270. The number of aliphatic imine (C=N–C) groups is 1. The van der Waals surface area contributed by atoms with Crippen molar-refractivity contribution < 1.29 is 26.7 Å². The van der Waals surface area contributed by atoms with Crippen molar-refractivity contribution in [1.82, 2.24) is 19.6 Å². The topological polar surface area (TPSA) is 100 Å². The molecular weight excluding hydrogens is 511 g/mol. The molecule has 0 aliphatic heterocycles. The molecular formula is C25H19F5N6O2. The van der Waals surface area contributed by atoms with Crippen molar-refractivity contribution in [3.63, 3.8) is 0 Å². The SMILES string of the molecule is Cc1cc(-n2nccc2OC(F)F)ccc1-n1ccc(=O)c(C(C=CN)=Nc2cccc(C(F)(F)F)c2)n1. The van der Waals surface area contributed by atoms with Gasteiger partial charge in [-0.05, 0) is 61.2 Å². The summed E-state index contributed by atoms with van der Waals surface area (Å²) in [6.45, 7) is -1.30. The fourth-order valence-corrected chi connectivity index (χ4v) is 3.56. The lowest BCUT2D eigenvalue weighted by Gasteiger charge is -2.13. The standard InChI is InChI=1S/C25H19F5N6O2/c1-15-13-18(36-22(8-11-32-36)38-24(26)27)5-6-20(15)35-12-9-21(37)23(34-35)19(7-10-31)33-17-4-2-3-16(14-17)25(28,29)30/h2-14,24H,31H2,1H3. The second-order valence-corrected chi connectivity index (χ2v) is 7.81. The molecule has 0 bridgehead atoms. The van der Waals surface area contributed by atoms with E-state index < -0.39 is 23.8 Å². The molecule has 2 aromatic heterocycles. The largest absolute Gasteiger partial charge is 0.417 e. The number of allylic oxidation sites excluding steroid dienone is 1. The van der Waals surface area contributed by atoms with Crippen LogP contribution in [0.5, 0.6) is 5.88 Å². The summed E-state index contributed by atoms with van der Waals surface area (Å²) in [5, 5.41) is 8.34. The molecule has 0 unspecified atom stereocenters. The maximum Gasteiger partial charge on any atom is 0.416 e. The molecule has 2 aromatic carbocycles. The van der Waals surface area contributed by atoms with Crippen molar-refractivity contribution in [2.75, 3.05) is 0 Å². The fourth-order valence-electron chi connectivity index (χ4n) is 3.56. The van der Waals surface area contributed by atoms with E-state index in [1.54, 1.807) is 25.1 Å². The number of benzene rings is 2. The lowest BCUT2D eigenvalue weighted by molar-refractivity contribution is -0.137. The van der Waals surface area contributed by atoms with Crippen LogP contribution in [0.25, 0.3) is 11.4 Å². The van der Waals surface area contributed by atoms with Crippen LogP contribution >= 0.6 is 0 Å². The maximum atomic E-state index is 13.1. The van der Waals surface area contributed by atoms with E-state index in [-0.39, 0.29) is 23.0 Å².